The van der Waals surface area contributed by atoms with E-state index in [-0.39, 0.29) is 23.7 Å². The molecule has 3 N–H and O–H groups in total. The Kier molecular flexibility index (Phi) is 5.48. The number of piperazine rings is 1. The molecule has 1 aromatic carbocycles. The van der Waals surface area contributed by atoms with Gasteiger partial charge in [0.15, 0.2) is 0 Å². The molecule has 1 saturated heterocycles. The number of nitrogens with two attached hydrogens (primary N) is 1. The van der Waals surface area contributed by atoms with Crippen LogP contribution in [-0.4, -0.2) is 55.5 Å². The Morgan fingerprint density at radius 2 is 1.91 bits per heavy atom. The van der Waals surface area contributed by atoms with Crippen LogP contribution in [0.25, 0.3) is 0 Å². The van der Waals surface area contributed by atoms with Crippen molar-refractivity contribution in [2.24, 2.45) is 0 Å². The van der Waals surface area contributed by atoms with Crippen LogP contribution in [0.3, 0.4) is 0 Å². The molecule has 1 aliphatic heterocycles. The molecule has 23 heavy (non-hydrogen) atoms. The first kappa shape index (κ1) is 17.6. The summed E-state index contributed by atoms with van der Waals surface area (Å²) in [5.74, 6) is -0.304. The summed E-state index contributed by atoms with van der Waals surface area (Å²) in [5.41, 5.74) is 4.15. The van der Waals surface area contributed by atoms with E-state index in [0.717, 1.165) is 38.3 Å². The Morgan fingerprint density at radius 1 is 1.26 bits per heavy atom. The maximum Gasteiger partial charge on any atom is 0.418 e. The SMILES string of the molecule is CN1CCN(CCC(=O)Nc2ccc(N)c(C(F)(F)F)c2)CC1. The molecule has 1 aromatic rings. The zero-order valence-corrected chi connectivity index (χ0v) is 13.0. The fourth-order valence-electron chi connectivity index (χ4n) is 2.43. The van der Waals surface area contributed by atoms with Crippen LogP contribution in [0.15, 0.2) is 18.2 Å². The van der Waals surface area contributed by atoms with E-state index in [4.69, 9.17) is 5.73 Å². The summed E-state index contributed by atoms with van der Waals surface area (Å²) in [6.07, 6.45) is -4.29. The second-order valence-electron chi connectivity index (χ2n) is 5.74. The van der Waals surface area contributed by atoms with Gasteiger partial charge in [-0.25, -0.2) is 0 Å². The maximum absolute atomic E-state index is 12.8. The Balaban J connectivity index is 1.88. The van der Waals surface area contributed by atoms with Crippen molar-refractivity contribution in [3.8, 4) is 0 Å². The lowest BCUT2D eigenvalue weighted by Gasteiger charge is -2.32. The summed E-state index contributed by atoms with van der Waals surface area (Å²) in [7, 11) is 2.05. The van der Waals surface area contributed by atoms with Crippen LogP contribution >= 0.6 is 0 Å². The highest BCUT2D eigenvalue weighted by atomic mass is 19.4. The number of hydrogen-bond acceptors (Lipinski definition) is 4. The molecule has 0 aromatic heterocycles. The fourth-order valence-corrected chi connectivity index (χ4v) is 2.43. The third-order valence-corrected chi connectivity index (χ3v) is 3.89. The molecule has 0 aliphatic carbocycles. The van der Waals surface area contributed by atoms with Gasteiger partial charge in [0.25, 0.3) is 0 Å². The molecule has 1 heterocycles. The lowest BCUT2D eigenvalue weighted by molar-refractivity contribution is -0.136. The quantitative estimate of drug-likeness (QED) is 0.828. The van der Waals surface area contributed by atoms with Gasteiger partial charge < -0.3 is 20.9 Å². The van der Waals surface area contributed by atoms with E-state index in [2.05, 4.69) is 15.1 Å². The van der Waals surface area contributed by atoms with Gasteiger partial charge in [-0.15, -0.1) is 0 Å². The van der Waals surface area contributed by atoms with E-state index >= 15 is 0 Å². The zero-order valence-electron chi connectivity index (χ0n) is 13.0. The number of halogens is 3. The van der Waals surface area contributed by atoms with Crippen molar-refractivity contribution in [3.63, 3.8) is 0 Å². The number of alkyl halides is 3. The van der Waals surface area contributed by atoms with Gasteiger partial charge in [0.1, 0.15) is 0 Å². The smallest absolute Gasteiger partial charge is 0.398 e. The van der Waals surface area contributed by atoms with Gasteiger partial charge in [-0.05, 0) is 25.2 Å². The van der Waals surface area contributed by atoms with Gasteiger partial charge in [-0.1, -0.05) is 0 Å². The maximum atomic E-state index is 12.8. The Labute approximate surface area is 133 Å². The minimum absolute atomic E-state index is 0.106. The van der Waals surface area contributed by atoms with Gasteiger partial charge in [-0.3, -0.25) is 4.79 Å². The Bertz CT molecular complexity index is 554. The standard InChI is InChI=1S/C15H21F3N4O/c1-21-6-8-22(9-7-21)5-4-14(23)20-11-2-3-13(19)12(10-11)15(16,17)18/h2-3,10H,4-9,19H2,1H3,(H,20,23). The highest BCUT2D eigenvalue weighted by molar-refractivity contribution is 5.91. The van der Waals surface area contributed by atoms with Crippen molar-refractivity contribution >= 4 is 17.3 Å². The second-order valence-corrected chi connectivity index (χ2v) is 5.74. The van der Waals surface area contributed by atoms with Crippen LogP contribution in [0.5, 0.6) is 0 Å². The number of nitrogens with zero attached hydrogens (tertiary/aromatic N) is 2. The van der Waals surface area contributed by atoms with Crippen molar-refractivity contribution in [1.29, 1.82) is 0 Å². The van der Waals surface area contributed by atoms with Crippen molar-refractivity contribution in [1.82, 2.24) is 9.80 Å². The van der Waals surface area contributed by atoms with E-state index < -0.39 is 11.7 Å². The van der Waals surface area contributed by atoms with Crippen LogP contribution in [0.1, 0.15) is 12.0 Å². The van der Waals surface area contributed by atoms with Gasteiger partial charge >= 0.3 is 6.18 Å². The summed E-state index contributed by atoms with van der Waals surface area (Å²) < 4.78 is 38.4. The molecule has 0 saturated carbocycles. The first-order valence-electron chi connectivity index (χ1n) is 7.43. The number of rotatable bonds is 4. The number of amides is 1. The number of carbonyl (C=O) groups excluding carboxylic acids is 1. The molecule has 5 nitrogen and oxygen atoms in total. The first-order chi connectivity index (χ1) is 10.8. The summed E-state index contributed by atoms with van der Waals surface area (Å²) in [6, 6.07) is 3.39. The summed E-state index contributed by atoms with van der Waals surface area (Å²) in [4.78, 5) is 16.3. The van der Waals surface area contributed by atoms with Gasteiger partial charge in [-0.2, -0.15) is 13.2 Å². The fraction of sp³-hybridized carbons (Fsp3) is 0.533. The number of nitrogens with one attached hydrogen (secondary N) is 1. The number of nitrogen functional groups attached to an aromatic ring is 1. The van der Waals surface area contributed by atoms with Gasteiger partial charge in [0.05, 0.1) is 5.56 Å². The largest absolute Gasteiger partial charge is 0.418 e. The summed E-state index contributed by atoms with van der Waals surface area (Å²) in [6.45, 7) is 4.29. The number of benzene rings is 1. The Hall–Kier alpha value is -1.80. The number of carbonyl (C=O) groups is 1. The molecule has 8 heteroatoms. The van der Waals surface area contributed by atoms with Crippen molar-refractivity contribution in [3.05, 3.63) is 23.8 Å². The van der Waals surface area contributed by atoms with Gasteiger partial charge in [0.2, 0.25) is 5.91 Å². The topological polar surface area (TPSA) is 61.6 Å². The zero-order chi connectivity index (χ0) is 17.0. The van der Waals surface area contributed by atoms with Gasteiger partial charge in [0, 0.05) is 50.5 Å². The number of likely N-dealkylation sites (N-methyl/N-ethyl adjacent to an activating group) is 1. The van der Waals surface area contributed by atoms with E-state index in [1.807, 2.05) is 7.05 Å². The minimum Gasteiger partial charge on any atom is -0.398 e. The molecule has 128 valence electrons. The van der Waals surface area contributed by atoms with Crippen LogP contribution in [0.4, 0.5) is 24.5 Å². The third-order valence-electron chi connectivity index (χ3n) is 3.89. The van der Waals surface area contributed by atoms with E-state index in [9.17, 15) is 18.0 Å². The average Bonchev–Trinajstić information content (AvgIpc) is 2.47. The highest BCUT2D eigenvalue weighted by Crippen LogP contribution is 2.35. The Morgan fingerprint density at radius 3 is 2.52 bits per heavy atom. The lowest BCUT2D eigenvalue weighted by Crippen LogP contribution is -2.45. The molecule has 0 spiro atoms. The highest BCUT2D eigenvalue weighted by Gasteiger charge is 2.33. The lowest BCUT2D eigenvalue weighted by atomic mass is 10.1. The van der Waals surface area contributed by atoms with E-state index in [1.54, 1.807) is 0 Å². The molecular weight excluding hydrogens is 309 g/mol. The molecule has 1 amide bonds. The molecule has 1 aliphatic rings. The molecule has 0 atom stereocenters. The molecule has 0 unspecified atom stereocenters. The summed E-state index contributed by atoms with van der Waals surface area (Å²) >= 11 is 0. The minimum atomic E-state index is -4.54. The van der Waals surface area contributed by atoms with Crippen molar-refractivity contribution < 1.29 is 18.0 Å². The number of anilines is 2. The average molecular weight is 330 g/mol. The van der Waals surface area contributed by atoms with Crippen molar-refractivity contribution in [2.75, 3.05) is 50.8 Å². The molecular formula is C15H21F3N4O. The van der Waals surface area contributed by atoms with Crippen LogP contribution < -0.4 is 11.1 Å². The summed E-state index contributed by atoms with van der Waals surface area (Å²) in [5, 5.41) is 2.50. The van der Waals surface area contributed by atoms with Crippen molar-refractivity contribution in [2.45, 2.75) is 12.6 Å². The third kappa shape index (κ3) is 5.11. The predicted octanol–water partition coefficient (Wildman–Crippen LogP) is 1.86. The molecule has 0 bridgehead atoms. The molecule has 2 rings (SSSR count). The van der Waals surface area contributed by atoms with Crippen LogP contribution in [0.2, 0.25) is 0 Å². The number of hydrogen-bond donors (Lipinski definition) is 2. The monoisotopic (exact) mass is 330 g/mol. The van der Waals surface area contributed by atoms with E-state index in [1.165, 1.54) is 6.07 Å². The predicted molar refractivity (Wildman–Crippen MR) is 83.0 cm³/mol. The van der Waals surface area contributed by atoms with E-state index in [0.29, 0.717) is 6.54 Å². The second kappa shape index (κ2) is 7.18. The molecule has 0 radical (unpaired) electrons. The van der Waals surface area contributed by atoms with Crippen LogP contribution in [0, 0.1) is 0 Å². The van der Waals surface area contributed by atoms with Crippen LogP contribution in [-0.2, 0) is 11.0 Å². The first-order valence-corrected chi connectivity index (χ1v) is 7.43. The molecule has 1 fully saturated rings. The normalized spacial score (nSPS) is 17.2.